The molecule has 3 nitrogen and oxygen atoms in total. The molecule has 4 atom stereocenters. The van der Waals surface area contributed by atoms with Crippen LogP contribution in [0.25, 0.3) is 0 Å². The molecule has 0 aliphatic heterocycles. The predicted octanol–water partition coefficient (Wildman–Crippen LogP) is 3.89. The molecule has 0 unspecified atom stereocenters. The van der Waals surface area contributed by atoms with Gasteiger partial charge in [-0.2, -0.15) is 0 Å². The minimum Gasteiger partial charge on any atom is -0.392 e. The van der Waals surface area contributed by atoms with Crippen molar-refractivity contribution in [3.63, 3.8) is 0 Å². The molecule has 23 heavy (non-hydrogen) atoms. The maximum Gasteiger partial charge on any atom is 0.0686 e. The zero-order valence-corrected chi connectivity index (χ0v) is 15.4. The number of hydrogen-bond acceptors (Lipinski definition) is 3. The van der Waals surface area contributed by atoms with Gasteiger partial charge in [-0.1, -0.05) is 40.0 Å². The molecule has 0 radical (unpaired) electrons. The lowest BCUT2D eigenvalue weighted by Gasteiger charge is -2.39. The second-order valence-electron chi connectivity index (χ2n) is 9.16. The summed E-state index contributed by atoms with van der Waals surface area (Å²) >= 11 is 0. The van der Waals surface area contributed by atoms with Crippen LogP contribution in [0.5, 0.6) is 0 Å². The Bertz CT molecular complexity index is 391. The fourth-order valence-corrected chi connectivity index (χ4v) is 5.44. The lowest BCUT2D eigenvalue weighted by molar-refractivity contribution is -0.0547. The average Bonchev–Trinajstić information content (AvgIpc) is 2.87. The summed E-state index contributed by atoms with van der Waals surface area (Å²) in [5, 5.41) is 13.8. The minimum atomic E-state index is -0.267. The van der Waals surface area contributed by atoms with Crippen molar-refractivity contribution in [2.24, 2.45) is 16.7 Å². The third-order valence-electron chi connectivity index (χ3n) is 7.73. The Labute approximate surface area is 142 Å². The topological polar surface area (TPSA) is 41.5 Å². The molecule has 0 heterocycles. The van der Waals surface area contributed by atoms with Crippen molar-refractivity contribution in [2.75, 3.05) is 13.2 Å². The van der Waals surface area contributed by atoms with Crippen LogP contribution in [0.2, 0.25) is 0 Å². The van der Waals surface area contributed by atoms with E-state index in [1.165, 1.54) is 51.4 Å². The molecule has 0 amide bonds. The summed E-state index contributed by atoms with van der Waals surface area (Å²) in [5.74, 6) is 0.829. The van der Waals surface area contributed by atoms with E-state index in [1.54, 1.807) is 0 Å². The summed E-state index contributed by atoms with van der Waals surface area (Å²) < 4.78 is 6.25. The average molecular weight is 324 g/mol. The van der Waals surface area contributed by atoms with E-state index in [0.717, 1.165) is 18.9 Å². The molecule has 0 aromatic carbocycles. The van der Waals surface area contributed by atoms with Gasteiger partial charge in [0.25, 0.3) is 0 Å². The van der Waals surface area contributed by atoms with E-state index in [1.807, 2.05) is 0 Å². The molecule has 2 N–H and O–H groups in total. The molecular formula is C20H37NO2. The highest BCUT2D eigenvalue weighted by atomic mass is 16.5. The Morgan fingerprint density at radius 3 is 2.48 bits per heavy atom. The van der Waals surface area contributed by atoms with Crippen LogP contribution in [0.4, 0.5) is 0 Å². The minimum absolute atomic E-state index is 0.267. The number of nitrogens with one attached hydrogen (secondary N) is 1. The molecule has 134 valence electrons. The third kappa shape index (κ3) is 3.48. The second-order valence-corrected chi connectivity index (χ2v) is 9.16. The lowest BCUT2D eigenvalue weighted by atomic mass is 9.70. The van der Waals surface area contributed by atoms with Crippen molar-refractivity contribution in [1.82, 2.24) is 5.32 Å². The molecule has 0 spiro atoms. The van der Waals surface area contributed by atoms with Crippen LogP contribution >= 0.6 is 0 Å². The first kappa shape index (κ1) is 17.7. The number of rotatable bonds is 7. The Balaban J connectivity index is 1.35. The largest absolute Gasteiger partial charge is 0.392 e. The molecule has 3 fully saturated rings. The summed E-state index contributed by atoms with van der Waals surface area (Å²) in [7, 11) is 0. The molecular weight excluding hydrogens is 286 g/mol. The van der Waals surface area contributed by atoms with Gasteiger partial charge in [0, 0.05) is 19.2 Å². The number of hydrogen-bond donors (Lipinski definition) is 2. The molecule has 3 rings (SSSR count). The van der Waals surface area contributed by atoms with E-state index in [-0.39, 0.29) is 6.10 Å². The van der Waals surface area contributed by atoms with E-state index in [0.29, 0.717) is 29.6 Å². The van der Waals surface area contributed by atoms with Gasteiger partial charge in [0.1, 0.15) is 0 Å². The van der Waals surface area contributed by atoms with E-state index < -0.39 is 0 Å². The first-order valence-corrected chi connectivity index (χ1v) is 9.96. The molecule has 0 aromatic heterocycles. The molecule has 0 saturated heterocycles. The smallest absolute Gasteiger partial charge is 0.0686 e. The molecule has 3 saturated carbocycles. The number of aliphatic hydroxyl groups is 1. The van der Waals surface area contributed by atoms with E-state index in [4.69, 9.17) is 4.74 Å². The van der Waals surface area contributed by atoms with Crippen LogP contribution in [0.1, 0.15) is 78.6 Å². The lowest BCUT2D eigenvalue weighted by Crippen LogP contribution is -2.39. The normalized spacial score (nSPS) is 38.1. The van der Waals surface area contributed by atoms with Gasteiger partial charge in [-0.25, -0.2) is 0 Å². The van der Waals surface area contributed by atoms with E-state index in [9.17, 15) is 5.11 Å². The number of ether oxygens (including phenoxy) is 1. The van der Waals surface area contributed by atoms with Crippen LogP contribution in [0, 0.1) is 16.7 Å². The van der Waals surface area contributed by atoms with Crippen LogP contribution in [-0.4, -0.2) is 36.5 Å². The summed E-state index contributed by atoms with van der Waals surface area (Å²) in [6.07, 6.45) is 11.4. The molecule has 3 heteroatoms. The highest BCUT2D eigenvalue weighted by molar-refractivity contribution is 5.11. The zero-order chi connectivity index (χ0) is 16.5. The molecule has 0 aromatic rings. The Morgan fingerprint density at radius 2 is 1.87 bits per heavy atom. The monoisotopic (exact) mass is 323 g/mol. The Kier molecular flexibility index (Phi) is 5.40. The quantitative estimate of drug-likeness (QED) is 0.747. The van der Waals surface area contributed by atoms with Crippen molar-refractivity contribution >= 4 is 0 Å². The highest BCUT2D eigenvalue weighted by Crippen LogP contribution is 2.66. The zero-order valence-electron chi connectivity index (χ0n) is 15.4. The van der Waals surface area contributed by atoms with Crippen LogP contribution in [-0.2, 0) is 4.74 Å². The van der Waals surface area contributed by atoms with E-state index in [2.05, 4.69) is 26.1 Å². The van der Waals surface area contributed by atoms with Gasteiger partial charge >= 0.3 is 0 Å². The van der Waals surface area contributed by atoms with Gasteiger partial charge in [-0.05, 0) is 55.3 Å². The van der Waals surface area contributed by atoms with Crippen LogP contribution in [0.15, 0.2) is 0 Å². The van der Waals surface area contributed by atoms with Gasteiger partial charge in [0.2, 0.25) is 0 Å². The Hall–Kier alpha value is -0.120. The van der Waals surface area contributed by atoms with Crippen LogP contribution < -0.4 is 5.32 Å². The van der Waals surface area contributed by atoms with E-state index >= 15 is 0 Å². The van der Waals surface area contributed by atoms with Crippen LogP contribution in [0.3, 0.4) is 0 Å². The van der Waals surface area contributed by atoms with Gasteiger partial charge in [0.15, 0.2) is 0 Å². The van der Waals surface area contributed by atoms with Gasteiger partial charge in [-0.3, -0.25) is 0 Å². The van der Waals surface area contributed by atoms with Crippen molar-refractivity contribution < 1.29 is 9.84 Å². The number of fused-ring (bicyclic) bond motifs is 2. The summed E-state index contributed by atoms with van der Waals surface area (Å²) in [4.78, 5) is 0. The third-order valence-corrected chi connectivity index (χ3v) is 7.73. The van der Waals surface area contributed by atoms with Gasteiger partial charge in [-0.15, -0.1) is 0 Å². The predicted molar refractivity (Wildman–Crippen MR) is 94.5 cm³/mol. The van der Waals surface area contributed by atoms with Crippen molar-refractivity contribution in [2.45, 2.75) is 96.8 Å². The summed E-state index contributed by atoms with van der Waals surface area (Å²) in [6.45, 7) is 8.71. The second kappa shape index (κ2) is 7.01. The van der Waals surface area contributed by atoms with Crippen molar-refractivity contribution in [1.29, 1.82) is 0 Å². The maximum atomic E-state index is 10.2. The SMILES string of the molecule is CC1(C)[C@@H]2CC[C@]1(C)[C@H](OCC[C@H](O)CNC1CCCCC1)C2. The standard InChI is InChI=1S/C20H37NO2/c1-19(2)15-9-11-20(19,3)18(13-15)23-12-10-17(22)14-21-16-7-5-4-6-8-16/h15-18,21-22H,4-14H2,1-3H3/t15-,17+,18-,20-/m1/s1. The molecule has 2 bridgehead atoms. The number of aliphatic hydroxyl groups excluding tert-OH is 1. The van der Waals surface area contributed by atoms with Crippen molar-refractivity contribution in [3.8, 4) is 0 Å². The van der Waals surface area contributed by atoms with Crippen molar-refractivity contribution in [3.05, 3.63) is 0 Å². The van der Waals surface area contributed by atoms with Gasteiger partial charge < -0.3 is 15.2 Å². The van der Waals surface area contributed by atoms with Gasteiger partial charge in [0.05, 0.1) is 12.2 Å². The summed E-state index contributed by atoms with van der Waals surface area (Å²) in [5.41, 5.74) is 0.752. The molecule has 3 aliphatic rings. The maximum absolute atomic E-state index is 10.2. The highest BCUT2D eigenvalue weighted by Gasteiger charge is 2.61. The fourth-order valence-electron chi connectivity index (χ4n) is 5.44. The first-order chi connectivity index (χ1) is 10.9. The summed E-state index contributed by atoms with van der Waals surface area (Å²) in [6, 6.07) is 0.629. The fraction of sp³-hybridized carbons (Fsp3) is 1.00. The molecule has 3 aliphatic carbocycles. The Morgan fingerprint density at radius 1 is 1.13 bits per heavy atom. The first-order valence-electron chi connectivity index (χ1n) is 9.96.